The van der Waals surface area contributed by atoms with Crippen molar-refractivity contribution in [2.75, 3.05) is 0 Å². The minimum Gasteiger partial charge on any atom is -0.273 e. The van der Waals surface area contributed by atoms with Crippen LogP contribution in [0.3, 0.4) is 0 Å². The first-order valence-electron chi connectivity index (χ1n) is 6.12. The molecule has 2 rings (SSSR count). The van der Waals surface area contributed by atoms with Crippen LogP contribution in [0.5, 0.6) is 0 Å². The molecule has 1 heterocycles. The summed E-state index contributed by atoms with van der Waals surface area (Å²) in [6.45, 7) is 1.86. The highest BCUT2D eigenvalue weighted by atomic mass is 35.5. The van der Waals surface area contributed by atoms with Crippen LogP contribution in [-0.2, 0) is 11.2 Å². The Labute approximate surface area is 134 Å². The van der Waals surface area contributed by atoms with Gasteiger partial charge in [-0.05, 0) is 13.0 Å². The Balaban J connectivity index is 1.96. The summed E-state index contributed by atoms with van der Waals surface area (Å²) in [6, 6.07) is 4.25. The number of aromatic nitrogens is 1. The van der Waals surface area contributed by atoms with Gasteiger partial charge < -0.3 is 0 Å². The number of nitrogens with zero attached hydrogens (tertiary/aromatic N) is 3. The van der Waals surface area contributed by atoms with E-state index in [1.165, 1.54) is 29.7 Å². The second-order valence-corrected chi connectivity index (χ2v) is 5.77. The van der Waals surface area contributed by atoms with Gasteiger partial charge in [0.1, 0.15) is 5.02 Å². The Hall–Kier alpha value is -2.32. The van der Waals surface area contributed by atoms with E-state index in [4.69, 9.17) is 11.6 Å². The molecule has 0 aliphatic rings. The van der Waals surface area contributed by atoms with Gasteiger partial charge in [0.15, 0.2) is 0 Å². The lowest BCUT2D eigenvalue weighted by atomic mass is 10.2. The van der Waals surface area contributed by atoms with E-state index in [1.54, 1.807) is 11.4 Å². The summed E-state index contributed by atoms with van der Waals surface area (Å²) >= 11 is 7.17. The molecule has 7 nitrogen and oxygen atoms in total. The molecular formula is C13H11ClN4O3S. The van der Waals surface area contributed by atoms with Crippen LogP contribution < -0.4 is 5.43 Å². The highest BCUT2D eigenvalue weighted by Gasteiger charge is 2.12. The van der Waals surface area contributed by atoms with Crippen LogP contribution in [0.25, 0.3) is 0 Å². The zero-order chi connectivity index (χ0) is 16.1. The highest BCUT2D eigenvalue weighted by molar-refractivity contribution is 7.09. The number of carbonyl (C=O) groups is 1. The van der Waals surface area contributed by atoms with Gasteiger partial charge >= 0.3 is 0 Å². The lowest BCUT2D eigenvalue weighted by Crippen LogP contribution is -2.19. The molecule has 9 heteroatoms. The lowest BCUT2D eigenvalue weighted by Gasteiger charge is -1.98. The molecule has 1 amide bonds. The molecule has 0 radical (unpaired) electrons. The largest absolute Gasteiger partial charge is 0.288 e. The molecule has 0 fully saturated rings. The Bertz CT molecular complexity index is 745. The number of nitro groups is 1. The predicted octanol–water partition coefficient (Wildman–Crippen LogP) is 2.71. The topological polar surface area (TPSA) is 97.5 Å². The number of amides is 1. The third kappa shape index (κ3) is 4.34. The maximum absolute atomic E-state index is 11.7. The summed E-state index contributed by atoms with van der Waals surface area (Å²) in [7, 11) is 0. The number of nitro benzene ring substituents is 1. The first kappa shape index (κ1) is 16.1. The molecule has 114 valence electrons. The number of nitrogens with one attached hydrogen (secondary N) is 1. The summed E-state index contributed by atoms with van der Waals surface area (Å²) < 4.78 is 0. The number of benzene rings is 1. The molecule has 22 heavy (non-hydrogen) atoms. The highest BCUT2D eigenvalue weighted by Crippen LogP contribution is 2.24. The quantitative estimate of drug-likeness (QED) is 0.515. The predicted molar refractivity (Wildman–Crippen MR) is 84.4 cm³/mol. The number of halogens is 1. The van der Waals surface area contributed by atoms with Crippen molar-refractivity contribution in [1.29, 1.82) is 0 Å². The van der Waals surface area contributed by atoms with Crippen molar-refractivity contribution in [3.8, 4) is 0 Å². The molecule has 1 N–H and O–H groups in total. The molecule has 0 saturated carbocycles. The molecule has 0 aliphatic heterocycles. The molecule has 0 aliphatic carbocycles. The molecule has 0 atom stereocenters. The smallest absolute Gasteiger partial charge is 0.273 e. The number of carbonyl (C=O) groups excluding carboxylic acids is 1. The number of thiazole rings is 1. The van der Waals surface area contributed by atoms with Crippen LogP contribution in [0.4, 0.5) is 5.69 Å². The van der Waals surface area contributed by atoms with E-state index in [0.717, 1.165) is 5.01 Å². The van der Waals surface area contributed by atoms with E-state index in [1.807, 2.05) is 6.92 Å². The summed E-state index contributed by atoms with van der Waals surface area (Å²) in [6.07, 6.45) is 1.44. The Morgan fingerprint density at radius 2 is 2.36 bits per heavy atom. The first-order valence-corrected chi connectivity index (χ1v) is 7.38. The van der Waals surface area contributed by atoms with E-state index in [2.05, 4.69) is 15.5 Å². The van der Waals surface area contributed by atoms with Crippen LogP contribution in [-0.4, -0.2) is 22.0 Å². The van der Waals surface area contributed by atoms with Gasteiger partial charge in [0.25, 0.3) is 5.69 Å². The Kier molecular flexibility index (Phi) is 5.18. The van der Waals surface area contributed by atoms with E-state index in [9.17, 15) is 14.9 Å². The minimum absolute atomic E-state index is 0.0464. The van der Waals surface area contributed by atoms with Crippen molar-refractivity contribution in [1.82, 2.24) is 10.4 Å². The molecule has 2 aromatic rings. The van der Waals surface area contributed by atoms with Crippen LogP contribution >= 0.6 is 22.9 Å². The Morgan fingerprint density at radius 1 is 1.59 bits per heavy atom. The third-order valence-corrected chi connectivity index (χ3v) is 3.72. The third-order valence-electron chi connectivity index (χ3n) is 2.58. The number of hydrogen-bond acceptors (Lipinski definition) is 6. The van der Waals surface area contributed by atoms with Crippen LogP contribution in [0.15, 0.2) is 28.7 Å². The zero-order valence-electron chi connectivity index (χ0n) is 11.4. The van der Waals surface area contributed by atoms with Gasteiger partial charge in [-0.15, -0.1) is 11.3 Å². The van der Waals surface area contributed by atoms with Crippen molar-refractivity contribution < 1.29 is 9.72 Å². The average molecular weight is 339 g/mol. The fourth-order valence-electron chi connectivity index (χ4n) is 1.62. The van der Waals surface area contributed by atoms with Gasteiger partial charge in [-0.2, -0.15) is 5.10 Å². The average Bonchev–Trinajstić information content (AvgIpc) is 2.85. The van der Waals surface area contributed by atoms with E-state index >= 15 is 0 Å². The van der Waals surface area contributed by atoms with E-state index in [-0.39, 0.29) is 23.0 Å². The normalized spacial score (nSPS) is 10.8. The van der Waals surface area contributed by atoms with Gasteiger partial charge in [0, 0.05) is 17.0 Å². The van der Waals surface area contributed by atoms with Crippen molar-refractivity contribution in [2.45, 2.75) is 13.3 Å². The van der Waals surface area contributed by atoms with Gasteiger partial charge in [-0.25, -0.2) is 10.4 Å². The molecule has 0 saturated heterocycles. The van der Waals surface area contributed by atoms with Crippen molar-refractivity contribution in [2.24, 2.45) is 5.10 Å². The molecule has 0 unspecified atom stereocenters. The molecule has 1 aromatic carbocycles. The summed E-state index contributed by atoms with van der Waals surface area (Å²) in [5, 5.41) is 17.3. The second kappa shape index (κ2) is 7.10. The molecule has 0 spiro atoms. The zero-order valence-corrected chi connectivity index (χ0v) is 13.0. The fraction of sp³-hybridized carbons (Fsp3) is 0.154. The first-order chi connectivity index (χ1) is 10.5. The monoisotopic (exact) mass is 338 g/mol. The fourth-order valence-corrected chi connectivity index (χ4v) is 2.42. The maximum Gasteiger partial charge on any atom is 0.288 e. The van der Waals surface area contributed by atoms with Gasteiger partial charge in [0.2, 0.25) is 5.91 Å². The maximum atomic E-state index is 11.7. The molecule has 1 aromatic heterocycles. The number of hydrogen-bond donors (Lipinski definition) is 1. The summed E-state index contributed by atoms with van der Waals surface area (Å²) in [5.41, 5.74) is 3.27. The molecular weight excluding hydrogens is 328 g/mol. The molecule has 0 bridgehead atoms. The SMILES string of the molecule is Cc1nc(CC(=O)N/N=C\c2ccc(Cl)c([N+](=O)[O-])c2)cs1. The standard InChI is InChI=1S/C13H11ClN4O3S/c1-8-16-10(7-22-8)5-13(19)17-15-6-9-2-3-11(14)12(4-9)18(20)21/h2-4,6-7H,5H2,1H3,(H,17,19)/b15-6-. The van der Waals surface area contributed by atoms with E-state index in [0.29, 0.717) is 11.3 Å². The van der Waals surface area contributed by atoms with E-state index < -0.39 is 4.92 Å². The van der Waals surface area contributed by atoms with Crippen molar-refractivity contribution in [3.05, 3.63) is 55.0 Å². The van der Waals surface area contributed by atoms with Gasteiger partial charge in [0.05, 0.1) is 28.3 Å². The van der Waals surface area contributed by atoms with Crippen molar-refractivity contribution >= 4 is 40.7 Å². The number of hydrazone groups is 1. The van der Waals surface area contributed by atoms with Gasteiger partial charge in [-0.1, -0.05) is 17.7 Å². The Morgan fingerprint density at radius 3 is 3.00 bits per heavy atom. The second-order valence-electron chi connectivity index (χ2n) is 4.30. The van der Waals surface area contributed by atoms with Crippen LogP contribution in [0.2, 0.25) is 5.02 Å². The summed E-state index contributed by atoms with van der Waals surface area (Å²) in [5.74, 6) is -0.315. The van der Waals surface area contributed by atoms with Crippen LogP contribution in [0, 0.1) is 17.0 Å². The lowest BCUT2D eigenvalue weighted by molar-refractivity contribution is -0.384. The number of rotatable bonds is 5. The van der Waals surface area contributed by atoms with Gasteiger partial charge in [-0.3, -0.25) is 14.9 Å². The number of aryl methyl sites for hydroxylation is 1. The summed E-state index contributed by atoms with van der Waals surface area (Å²) in [4.78, 5) is 26.0. The van der Waals surface area contributed by atoms with Crippen molar-refractivity contribution in [3.63, 3.8) is 0 Å². The minimum atomic E-state index is -0.581. The van der Waals surface area contributed by atoms with Crippen LogP contribution in [0.1, 0.15) is 16.3 Å².